The van der Waals surface area contributed by atoms with Crippen molar-refractivity contribution in [3.05, 3.63) is 35.6 Å². The third-order valence-corrected chi connectivity index (χ3v) is 5.27. The Kier molecular flexibility index (Phi) is 8.61. The molecule has 0 saturated carbocycles. The first kappa shape index (κ1) is 22.8. The van der Waals surface area contributed by atoms with E-state index in [0.29, 0.717) is 19.6 Å². The highest BCUT2D eigenvalue weighted by Gasteiger charge is 2.34. The van der Waals surface area contributed by atoms with Crippen LogP contribution in [-0.2, 0) is 9.59 Å². The molecule has 160 valence electrons. The van der Waals surface area contributed by atoms with Crippen molar-refractivity contribution in [3.8, 4) is 0 Å². The maximum absolute atomic E-state index is 13.9. The first-order chi connectivity index (χ1) is 13.8. The normalized spacial score (nSPS) is 17.7. The molecule has 1 saturated heterocycles. The molecule has 7 heteroatoms. The van der Waals surface area contributed by atoms with E-state index in [0.717, 1.165) is 25.7 Å². The lowest BCUT2D eigenvalue weighted by atomic mass is 9.94. The van der Waals surface area contributed by atoms with Gasteiger partial charge in [0.25, 0.3) is 5.91 Å². The van der Waals surface area contributed by atoms with Crippen LogP contribution in [0.3, 0.4) is 0 Å². The van der Waals surface area contributed by atoms with E-state index in [2.05, 4.69) is 17.6 Å². The van der Waals surface area contributed by atoms with E-state index < -0.39 is 17.8 Å². The number of amides is 3. The Morgan fingerprint density at radius 2 is 1.97 bits per heavy atom. The Labute approximate surface area is 172 Å². The number of benzene rings is 1. The van der Waals surface area contributed by atoms with Gasteiger partial charge in [0.15, 0.2) is 0 Å². The van der Waals surface area contributed by atoms with Gasteiger partial charge in [0, 0.05) is 19.6 Å². The van der Waals surface area contributed by atoms with Crippen molar-refractivity contribution >= 4 is 17.7 Å². The molecule has 1 aromatic rings. The van der Waals surface area contributed by atoms with Crippen LogP contribution in [0.4, 0.5) is 4.39 Å². The average molecular weight is 406 g/mol. The van der Waals surface area contributed by atoms with Gasteiger partial charge in [-0.2, -0.15) is 0 Å². The molecule has 3 amide bonds. The summed E-state index contributed by atoms with van der Waals surface area (Å²) in [5.41, 5.74) is -0.0854. The SMILES string of the molecule is CCCCNC(=O)C1CCCN(C(=O)C(NC(=O)c2ccccc2F)C(C)C)C1. The summed E-state index contributed by atoms with van der Waals surface area (Å²) >= 11 is 0. The largest absolute Gasteiger partial charge is 0.356 e. The van der Waals surface area contributed by atoms with Gasteiger partial charge in [-0.05, 0) is 37.3 Å². The quantitative estimate of drug-likeness (QED) is 0.653. The minimum atomic E-state index is -0.774. The Morgan fingerprint density at radius 1 is 1.24 bits per heavy atom. The molecule has 2 atom stereocenters. The van der Waals surface area contributed by atoms with Gasteiger partial charge in [0.2, 0.25) is 11.8 Å². The van der Waals surface area contributed by atoms with Gasteiger partial charge in [-0.1, -0.05) is 39.3 Å². The smallest absolute Gasteiger partial charge is 0.254 e. The van der Waals surface area contributed by atoms with Crippen LogP contribution in [0.5, 0.6) is 0 Å². The number of hydrogen-bond donors (Lipinski definition) is 2. The molecule has 0 aliphatic carbocycles. The zero-order chi connectivity index (χ0) is 21.4. The minimum Gasteiger partial charge on any atom is -0.356 e. The number of halogens is 1. The van der Waals surface area contributed by atoms with Gasteiger partial charge in [-0.3, -0.25) is 14.4 Å². The molecule has 2 N–H and O–H groups in total. The molecule has 2 rings (SSSR count). The predicted octanol–water partition coefficient (Wildman–Crippen LogP) is 2.74. The molecule has 1 fully saturated rings. The van der Waals surface area contributed by atoms with Crippen molar-refractivity contribution < 1.29 is 18.8 Å². The van der Waals surface area contributed by atoms with Gasteiger partial charge >= 0.3 is 0 Å². The molecule has 1 aromatic carbocycles. The van der Waals surface area contributed by atoms with Gasteiger partial charge in [0.05, 0.1) is 11.5 Å². The zero-order valence-electron chi connectivity index (χ0n) is 17.5. The molecule has 0 aromatic heterocycles. The summed E-state index contributed by atoms with van der Waals surface area (Å²) in [6.45, 7) is 7.28. The van der Waals surface area contributed by atoms with E-state index in [1.165, 1.54) is 18.2 Å². The zero-order valence-corrected chi connectivity index (χ0v) is 17.5. The minimum absolute atomic E-state index is 0.0209. The fraction of sp³-hybridized carbons (Fsp3) is 0.591. The maximum atomic E-state index is 13.9. The second-order valence-electron chi connectivity index (χ2n) is 7.94. The Hall–Kier alpha value is -2.44. The Bertz CT molecular complexity index is 723. The fourth-order valence-corrected chi connectivity index (χ4v) is 3.50. The first-order valence-electron chi connectivity index (χ1n) is 10.5. The summed E-state index contributed by atoms with van der Waals surface area (Å²) in [6.07, 6.45) is 3.42. The van der Waals surface area contributed by atoms with E-state index in [4.69, 9.17) is 0 Å². The third-order valence-electron chi connectivity index (χ3n) is 5.27. The molecule has 1 aliphatic rings. The second-order valence-corrected chi connectivity index (χ2v) is 7.94. The number of nitrogens with one attached hydrogen (secondary N) is 2. The number of hydrogen-bond acceptors (Lipinski definition) is 3. The molecule has 2 unspecified atom stereocenters. The van der Waals surface area contributed by atoms with Crippen LogP contribution in [0.15, 0.2) is 24.3 Å². The van der Waals surface area contributed by atoms with Crippen LogP contribution in [0.1, 0.15) is 56.8 Å². The number of carbonyl (C=O) groups excluding carboxylic acids is 3. The lowest BCUT2D eigenvalue weighted by Gasteiger charge is -2.35. The summed E-state index contributed by atoms with van der Waals surface area (Å²) in [5.74, 6) is -1.89. The molecule has 29 heavy (non-hydrogen) atoms. The molecule has 1 heterocycles. The number of rotatable bonds is 8. The maximum Gasteiger partial charge on any atom is 0.254 e. The van der Waals surface area contributed by atoms with Crippen molar-refractivity contribution in [1.82, 2.24) is 15.5 Å². The molecular weight excluding hydrogens is 373 g/mol. The molecule has 0 radical (unpaired) electrons. The van der Waals surface area contributed by atoms with E-state index in [1.54, 1.807) is 11.0 Å². The number of piperidine rings is 1. The van der Waals surface area contributed by atoms with E-state index >= 15 is 0 Å². The van der Waals surface area contributed by atoms with Gasteiger partial charge in [0.1, 0.15) is 11.9 Å². The van der Waals surface area contributed by atoms with Crippen LogP contribution in [0.2, 0.25) is 0 Å². The van der Waals surface area contributed by atoms with Crippen molar-refractivity contribution in [2.75, 3.05) is 19.6 Å². The molecule has 1 aliphatic heterocycles. The fourth-order valence-electron chi connectivity index (χ4n) is 3.50. The molecule has 0 spiro atoms. The van der Waals surface area contributed by atoms with Crippen LogP contribution >= 0.6 is 0 Å². The van der Waals surface area contributed by atoms with E-state index in [9.17, 15) is 18.8 Å². The van der Waals surface area contributed by atoms with Crippen molar-refractivity contribution in [3.63, 3.8) is 0 Å². The molecule has 0 bridgehead atoms. The summed E-state index contributed by atoms with van der Waals surface area (Å²) in [6, 6.07) is 4.93. The van der Waals surface area contributed by atoms with Crippen molar-refractivity contribution in [1.29, 1.82) is 0 Å². The number of likely N-dealkylation sites (tertiary alicyclic amines) is 1. The highest BCUT2D eigenvalue weighted by molar-refractivity contribution is 5.98. The summed E-state index contributed by atoms with van der Waals surface area (Å²) in [4.78, 5) is 39.6. The van der Waals surface area contributed by atoms with Crippen LogP contribution < -0.4 is 10.6 Å². The Balaban J connectivity index is 2.03. The Morgan fingerprint density at radius 3 is 2.62 bits per heavy atom. The highest BCUT2D eigenvalue weighted by Crippen LogP contribution is 2.19. The number of unbranched alkanes of at least 4 members (excludes halogenated alkanes) is 1. The van der Waals surface area contributed by atoms with Crippen molar-refractivity contribution in [2.24, 2.45) is 11.8 Å². The standard InChI is InChI=1S/C22H32FN3O3/c1-4-5-12-24-20(27)16-9-8-13-26(14-16)22(29)19(15(2)3)25-21(28)17-10-6-7-11-18(17)23/h6-7,10-11,15-16,19H,4-5,8-9,12-14H2,1-3H3,(H,24,27)(H,25,28). The third kappa shape index (κ3) is 6.27. The molecule has 6 nitrogen and oxygen atoms in total. The first-order valence-corrected chi connectivity index (χ1v) is 10.5. The van der Waals surface area contributed by atoms with Crippen LogP contribution in [-0.4, -0.2) is 48.3 Å². The van der Waals surface area contributed by atoms with Crippen LogP contribution in [0.25, 0.3) is 0 Å². The predicted molar refractivity (Wildman–Crippen MR) is 110 cm³/mol. The second kappa shape index (κ2) is 10.9. The van der Waals surface area contributed by atoms with Gasteiger partial charge in [-0.25, -0.2) is 4.39 Å². The van der Waals surface area contributed by atoms with E-state index in [-0.39, 0.29) is 29.2 Å². The van der Waals surface area contributed by atoms with Crippen molar-refractivity contribution in [2.45, 2.75) is 52.5 Å². The summed E-state index contributed by atoms with van der Waals surface area (Å²) in [5, 5.41) is 5.62. The summed E-state index contributed by atoms with van der Waals surface area (Å²) in [7, 11) is 0. The number of nitrogens with zero attached hydrogens (tertiary/aromatic N) is 1. The monoisotopic (exact) mass is 405 g/mol. The topological polar surface area (TPSA) is 78.5 Å². The highest BCUT2D eigenvalue weighted by atomic mass is 19.1. The lowest BCUT2D eigenvalue weighted by Crippen LogP contribution is -2.54. The van der Waals surface area contributed by atoms with Gasteiger partial charge < -0.3 is 15.5 Å². The lowest BCUT2D eigenvalue weighted by molar-refractivity contribution is -0.138. The number of carbonyl (C=O) groups is 3. The summed E-state index contributed by atoms with van der Waals surface area (Å²) < 4.78 is 13.9. The molecular formula is C22H32FN3O3. The van der Waals surface area contributed by atoms with Crippen LogP contribution in [0, 0.1) is 17.7 Å². The van der Waals surface area contributed by atoms with E-state index in [1.807, 2.05) is 13.8 Å². The van der Waals surface area contributed by atoms with Gasteiger partial charge in [-0.15, -0.1) is 0 Å². The average Bonchev–Trinajstić information content (AvgIpc) is 2.71.